The first kappa shape index (κ1) is 22.2. The zero-order valence-corrected chi connectivity index (χ0v) is 18.8. The molecule has 0 bridgehead atoms. The third-order valence-corrected chi connectivity index (χ3v) is 6.15. The second-order valence-electron chi connectivity index (χ2n) is 8.62. The van der Waals surface area contributed by atoms with Crippen LogP contribution in [0.2, 0.25) is 0 Å². The predicted molar refractivity (Wildman–Crippen MR) is 126 cm³/mol. The van der Waals surface area contributed by atoms with E-state index in [2.05, 4.69) is 30.7 Å². The summed E-state index contributed by atoms with van der Waals surface area (Å²) >= 11 is 0. The van der Waals surface area contributed by atoms with Gasteiger partial charge in [-0.1, -0.05) is 18.2 Å². The van der Waals surface area contributed by atoms with Gasteiger partial charge >= 0.3 is 0 Å². The molecule has 0 radical (unpaired) electrons. The molecule has 176 valence electrons. The van der Waals surface area contributed by atoms with Crippen molar-refractivity contribution in [2.45, 2.75) is 31.9 Å². The fourth-order valence-electron chi connectivity index (χ4n) is 4.41. The van der Waals surface area contributed by atoms with Gasteiger partial charge in [-0.2, -0.15) is 4.98 Å². The summed E-state index contributed by atoms with van der Waals surface area (Å²) in [6.07, 6.45) is 2.64. The van der Waals surface area contributed by atoms with Crippen LogP contribution in [0, 0.1) is 5.82 Å². The van der Waals surface area contributed by atoms with Crippen molar-refractivity contribution in [3.05, 3.63) is 64.6 Å². The minimum Gasteiger partial charge on any atom is -0.373 e. The number of amides is 1. The Hall–Kier alpha value is -3.63. The number of carbonyl (C=O) groups is 1. The normalized spacial score (nSPS) is 17.9. The molecular formula is C24H26FN7O2. The first-order valence-electron chi connectivity index (χ1n) is 11.3. The molecule has 1 fully saturated rings. The second kappa shape index (κ2) is 9.32. The van der Waals surface area contributed by atoms with E-state index < -0.39 is 11.7 Å². The summed E-state index contributed by atoms with van der Waals surface area (Å²) in [5, 5.41) is 14.0. The molecule has 4 N–H and O–H groups in total. The SMILES string of the molecule is CN1CCc2cc(F)c(Nc3nnc(C(N)=O)c(Nc4ccccc4C4CCCO4)n3)cc2C1. The van der Waals surface area contributed by atoms with Crippen LogP contribution in [0.15, 0.2) is 36.4 Å². The molecule has 0 aliphatic carbocycles. The smallest absolute Gasteiger partial charge is 0.273 e. The number of aromatic nitrogens is 3. The molecule has 5 rings (SSSR count). The van der Waals surface area contributed by atoms with Crippen molar-refractivity contribution in [2.24, 2.45) is 5.73 Å². The van der Waals surface area contributed by atoms with Crippen molar-refractivity contribution in [3.63, 3.8) is 0 Å². The lowest BCUT2D eigenvalue weighted by Gasteiger charge is -2.25. The Labute approximate surface area is 196 Å². The molecule has 1 unspecified atom stereocenters. The summed E-state index contributed by atoms with van der Waals surface area (Å²) < 4.78 is 20.6. The Morgan fingerprint density at radius 2 is 2.03 bits per heavy atom. The maximum absolute atomic E-state index is 14.8. The molecule has 10 heteroatoms. The summed E-state index contributed by atoms with van der Waals surface area (Å²) in [7, 11) is 2.03. The first-order valence-corrected chi connectivity index (χ1v) is 11.3. The van der Waals surface area contributed by atoms with E-state index in [1.165, 1.54) is 0 Å². The number of nitrogens with one attached hydrogen (secondary N) is 2. The Morgan fingerprint density at radius 1 is 1.18 bits per heavy atom. The van der Waals surface area contributed by atoms with Crippen molar-refractivity contribution in [1.29, 1.82) is 0 Å². The van der Waals surface area contributed by atoms with Gasteiger partial charge in [0.15, 0.2) is 11.5 Å². The molecule has 1 atom stereocenters. The van der Waals surface area contributed by atoms with Crippen LogP contribution >= 0.6 is 0 Å². The fraction of sp³-hybridized carbons (Fsp3) is 0.333. The molecular weight excluding hydrogens is 437 g/mol. The minimum atomic E-state index is -0.772. The molecule has 2 aliphatic heterocycles. The van der Waals surface area contributed by atoms with Crippen LogP contribution in [0.25, 0.3) is 0 Å². The number of primary amides is 1. The van der Waals surface area contributed by atoms with Gasteiger partial charge in [0.25, 0.3) is 5.91 Å². The van der Waals surface area contributed by atoms with E-state index in [0.29, 0.717) is 6.61 Å². The van der Waals surface area contributed by atoms with Gasteiger partial charge in [0.1, 0.15) is 5.82 Å². The van der Waals surface area contributed by atoms with Crippen molar-refractivity contribution >= 4 is 29.0 Å². The van der Waals surface area contributed by atoms with Crippen molar-refractivity contribution in [2.75, 3.05) is 30.8 Å². The van der Waals surface area contributed by atoms with Crippen LogP contribution in [0.3, 0.4) is 0 Å². The number of ether oxygens (including phenoxy) is 1. The van der Waals surface area contributed by atoms with E-state index in [4.69, 9.17) is 10.5 Å². The Balaban J connectivity index is 1.46. The summed E-state index contributed by atoms with van der Waals surface area (Å²) in [5.74, 6) is -0.991. The lowest BCUT2D eigenvalue weighted by molar-refractivity contribution is 0.0995. The number of rotatable bonds is 6. The van der Waals surface area contributed by atoms with Gasteiger partial charge in [0.2, 0.25) is 5.95 Å². The molecule has 0 spiro atoms. The maximum Gasteiger partial charge on any atom is 0.273 e. The van der Waals surface area contributed by atoms with Crippen LogP contribution in [-0.4, -0.2) is 46.2 Å². The standard InChI is InChI=1S/C24H26FN7O2/c1-32-9-8-14-11-17(25)19(12-15(14)13-32)28-24-29-23(21(22(26)33)30-31-24)27-18-6-3-2-5-16(18)20-7-4-10-34-20/h2-3,5-6,11-12,20H,4,7-10,13H2,1H3,(H2,26,33)(H2,27,28,29,31). The third-order valence-electron chi connectivity index (χ3n) is 6.15. The topological polar surface area (TPSA) is 118 Å². The Morgan fingerprint density at radius 3 is 2.82 bits per heavy atom. The van der Waals surface area contributed by atoms with Gasteiger partial charge in [-0.3, -0.25) is 4.79 Å². The van der Waals surface area contributed by atoms with Gasteiger partial charge in [-0.15, -0.1) is 10.2 Å². The lowest BCUT2D eigenvalue weighted by atomic mass is 9.99. The highest BCUT2D eigenvalue weighted by molar-refractivity contribution is 5.96. The van der Waals surface area contributed by atoms with E-state index >= 15 is 0 Å². The van der Waals surface area contributed by atoms with Gasteiger partial charge in [-0.25, -0.2) is 4.39 Å². The number of carbonyl (C=O) groups excluding carboxylic acids is 1. The highest BCUT2D eigenvalue weighted by atomic mass is 19.1. The average Bonchev–Trinajstić information content (AvgIpc) is 3.35. The molecule has 3 heterocycles. The summed E-state index contributed by atoms with van der Waals surface area (Å²) in [6.45, 7) is 2.33. The second-order valence-corrected chi connectivity index (χ2v) is 8.62. The van der Waals surface area contributed by atoms with Crippen LogP contribution in [0.4, 0.5) is 27.5 Å². The number of benzene rings is 2. The number of nitrogens with two attached hydrogens (primary N) is 1. The first-order chi connectivity index (χ1) is 16.5. The number of para-hydroxylation sites is 1. The Kier molecular flexibility index (Phi) is 6.08. The largest absolute Gasteiger partial charge is 0.373 e. The van der Waals surface area contributed by atoms with Crippen LogP contribution < -0.4 is 16.4 Å². The number of likely N-dealkylation sites (N-methyl/N-ethyl adjacent to an activating group) is 1. The number of hydrogen-bond acceptors (Lipinski definition) is 8. The highest BCUT2D eigenvalue weighted by Gasteiger charge is 2.23. The van der Waals surface area contributed by atoms with Gasteiger partial charge < -0.3 is 26.0 Å². The number of fused-ring (bicyclic) bond motifs is 1. The van der Waals surface area contributed by atoms with Crippen molar-refractivity contribution < 1.29 is 13.9 Å². The lowest BCUT2D eigenvalue weighted by Crippen LogP contribution is -2.26. The van der Waals surface area contributed by atoms with Crippen LogP contribution in [0.1, 0.15) is 46.1 Å². The van der Waals surface area contributed by atoms with Gasteiger partial charge in [0, 0.05) is 30.9 Å². The average molecular weight is 464 g/mol. The summed E-state index contributed by atoms with van der Waals surface area (Å²) in [6, 6.07) is 11.0. The molecule has 2 aromatic carbocycles. The van der Waals surface area contributed by atoms with Gasteiger partial charge in [-0.05, 0) is 55.6 Å². The number of halogens is 1. The minimum absolute atomic E-state index is 0.0455. The van der Waals surface area contributed by atoms with Crippen LogP contribution in [-0.2, 0) is 17.7 Å². The van der Waals surface area contributed by atoms with Gasteiger partial charge in [0.05, 0.1) is 11.8 Å². The fourth-order valence-corrected chi connectivity index (χ4v) is 4.41. The van der Waals surface area contributed by atoms with Crippen molar-refractivity contribution in [1.82, 2.24) is 20.1 Å². The molecule has 1 aromatic heterocycles. The van der Waals surface area contributed by atoms with E-state index in [1.54, 1.807) is 12.1 Å². The molecule has 1 saturated heterocycles. The summed E-state index contributed by atoms with van der Waals surface area (Å²) in [4.78, 5) is 18.6. The third kappa shape index (κ3) is 4.55. The zero-order valence-electron chi connectivity index (χ0n) is 18.8. The predicted octanol–water partition coefficient (Wildman–Crippen LogP) is 3.44. The van der Waals surface area contributed by atoms with E-state index in [1.807, 2.05) is 31.3 Å². The number of anilines is 4. The molecule has 0 saturated carbocycles. The maximum atomic E-state index is 14.8. The van der Waals surface area contributed by atoms with E-state index in [0.717, 1.165) is 54.7 Å². The molecule has 34 heavy (non-hydrogen) atoms. The van der Waals surface area contributed by atoms with Crippen molar-refractivity contribution in [3.8, 4) is 0 Å². The highest BCUT2D eigenvalue weighted by Crippen LogP contribution is 2.35. The van der Waals surface area contributed by atoms with Crippen LogP contribution in [0.5, 0.6) is 0 Å². The summed E-state index contributed by atoms with van der Waals surface area (Å²) in [5.41, 5.74) is 9.37. The van der Waals surface area contributed by atoms with E-state index in [9.17, 15) is 9.18 Å². The molecule has 9 nitrogen and oxygen atoms in total. The quantitative estimate of drug-likeness (QED) is 0.509. The molecule has 2 aliphatic rings. The number of hydrogen-bond donors (Lipinski definition) is 3. The molecule has 3 aromatic rings. The van der Waals surface area contributed by atoms with E-state index in [-0.39, 0.29) is 29.3 Å². The molecule has 1 amide bonds. The number of nitrogens with zero attached hydrogens (tertiary/aromatic N) is 4. The monoisotopic (exact) mass is 463 g/mol. The Bertz CT molecular complexity index is 1230. The zero-order chi connectivity index (χ0) is 23.7.